The van der Waals surface area contributed by atoms with Gasteiger partial charge in [-0.3, -0.25) is 4.79 Å². The molecule has 0 unspecified atom stereocenters. The van der Waals surface area contributed by atoms with E-state index in [2.05, 4.69) is 15.4 Å². The van der Waals surface area contributed by atoms with Crippen LogP contribution in [-0.2, 0) is 4.79 Å². The molecule has 8 heteroatoms. The maximum atomic E-state index is 12.2. The molecule has 0 atom stereocenters. The highest BCUT2D eigenvalue weighted by atomic mass is 35.5. The minimum absolute atomic E-state index is 0.0563. The van der Waals surface area contributed by atoms with E-state index in [9.17, 15) is 4.79 Å². The number of nitrogens with zero attached hydrogens (tertiary/aromatic N) is 3. The predicted molar refractivity (Wildman–Crippen MR) is 124 cm³/mol. The third-order valence-electron chi connectivity index (χ3n) is 5.47. The Labute approximate surface area is 192 Å². The minimum Gasteiger partial charge on any atom is -0.424 e. The van der Waals surface area contributed by atoms with Crippen LogP contribution < -0.4 is 20.0 Å². The van der Waals surface area contributed by atoms with Crippen LogP contribution in [0.2, 0.25) is 5.02 Å². The second-order valence-electron chi connectivity index (χ2n) is 8.01. The largest absolute Gasteiger partial charge is 0.424 e. The summed E-state index contributed by atoms with van der Waals surface area (Å²) in [5.74, 6) is 1.24. The number of amides is 1. The van der Waals surface area contributed by atoms with E-state index in [0.29, 0.717) is 16.5 Å². The number of ether oxygens (including phenoxy) is 1. The van der Waals surface area contributed by atoms with Gasteiger partial charge < -0.3 is 14.5 Å². The number of halogens is 1. The van der Waals surface area contributed by atoms with Gasteiger partial charge in [-0.2, -0.15) is 5.48 Å². The number of nitrogens with one attached hydrogen (secondary N) is 1. The van der Waals surface area contributed by atoms with Gasteiger partial charge in [-0.05, 0) is 49.1 Å². The van der Waals surface area contributed by atoms with Gasteiger partial charge in [0.05, 0.1) is 23.1 Å². The van der Waals surface area contributed by atoms with Crippen molar-refractivity contribution in [2.75, 3.05) is 19.0 Å². The standard InChI is InChI=1S/C24H25ClN4O3/c1-15-12-17(10-11-20(15)31-24-26-13-18(25)14-27-24)19-8-5-9-21(22(19)29(2)3)32-28-23(30)16-6-4-7-16/h5,8-14,16H,4,6-7H2,1-3H3,(H,28,30). The van der Waals surface area contributed by atoms with Crippen LogP contribution in [0.1, 0.15) is 24.8 Å². The number of hydrogen-bond donors (Lipinski definition) is 1. The molecule has 0 radical (unpaired) electrons. The fraction of sp³-hybridized carbons (Fsp3) is 0.292. The summed E-state index contributed by atoms with van der Waals surface area (Å²) in [6.07, 6.45) is 5.92. The van der Waals surface area contributed by atoms with E-state index in [1.807, 2.05) is 62.3 Å². The Kier molecular flexibility index (Phi) is 6.46. The summed E-state index contributed by atoms with van der Waals surface area (Å²) in [5, 5.41) is 0.451. The molecule has 3 aromatic rings. The number of rotatable bonds is 7. The summed E-state index contributed by atoms with van der Waals surface area (Å²) in [4.78, 5) is 28.1. The van der Waals surface area contributed by atoms with Gasteiger partial charge in [-0.1, -0.05) is 36.2 Å². The number of para-hydroxylation sites is 1. The SMILES string of the molecule is Cc1cc(-c2cccc(ONC(=O)C3CCC3)c2N(C)C)ccc1Oc1ncc(Cl)cn1. The highest BCUT2D eigenvalue weighted by Gasteiger charge is 2.26. The van der Waals surface area contributed by atoms with Crippen LogP contribution in [0.25, 0.3) is 11.1 Å². The van der Waals surface area contributed by atoms with Gasteiger partial charge >= 0.3 is 6.01 Å². The number of aromatic nitrogens is 2. The molecular formula is C24H25ClN4O3. The summed E-state index contributed by atoms with van der Waals surface area (Å²) in [5.41, 5.74) is 6.38. The Balaban J connectivity index is 1.58. The lowest BCUT2D eigenvalue weighted by molar-refractivity contribution is -0.134. The van der Waals surface area contributed by atoms with Crippen LogP contribution in [0.4, 0.5) is 5.69 Å². The Bertz CT molecular complexity index is 1110. The van der Waals surface area contributed by atoms with Gasteiger partial charge in [-0.15, -0.1) is 0 Å². The van der Waals surface area contributed by atoms with E-state index in [-0.39, 0.29) is 17.8 Å². The molecule has 32 heavy (non-hydrogen) atoms. The number of carbonyl (C=O) groups is 1. The quantitative estimate of drug-likeness (QED) is 0.498. The fourth-order valence-electron chi connectivity index (χ4n) is 3.54. The zero-order valence-electron chi connectivity index (χ0n) is 18.3. The molecule has 0 spiro atoms. The molecule has 0 bridgehead atoms. The molecule has 1 aliphatic rings. The van der Waals surface area contributed by atoms with Crippen molar-refractivity contribution in [1.82, 2.24) is 15.4 Å². The molecule has 1 heterocycles. The van der Waals surface area contributed by atoms with Crippen LogP contribution in [0, 0.1) is 12.8 Å². The van der Waals surface area contributed by atoms with Gasteiger partial charge in [0.25, 0.3) is 5.91 Å². The molecule has 0 aliphatic heterocycles. The highest BCUT2D eigenvalue weighted by molar-refractivity contribution is 6.30. The number of benzene rings is 2. The third-order valence-corrected chi connectivity index (χ3v) is 5.66. The average molecular weight is 453 g/mol. The minimum atomic E-state index is -0.0619. The van der Waals surface area contributed by atoms with Crippen molar-refractivity contribution in [2.24, 2.45) is 5.92 Å². The third kappa shape index (κ3) is 4.78. The lowest BCUT2D eigenvalue weighted by Crippen LogP contribution is -2.36. The van der Waals surface area contributed by atoms with Crippen molar-refractivity contribution < 1.29 is 14.4 Å². The van der Waals surface area contributed by atoms with Crippen LogP contribution in [0.3, 0.4) is 0 Å². The van der Waals surface area contributed by atoms with Gasteiger partial charge in [0.1, 0.15) is 5.75 Å². The summed E-state index contributed by atoms with van der Waals surface area (Å²) < 4.78 is 5.80. The average Bonchev–Trinajstić information content (AvgIpc) is 2.73. The van der Waals surface area contributed by atoms with Crippen LogP contribution in [-0.4, -0.2) is 30.0 Å². The molecular weight excluding hydrogens is 428 g/mol. The predicted octanol–water partition coefficient (Wildman–Crippen LogP) is 5.17. The summed E-state index contributed by atoms with van der Waals surface area (Å²) in [6.45, 7) is 1.96. The molecule has 2 aromatic carbocycles. The van der Waals surface area contributed by atoms with Gasteiger partial charge in [0.15, 0.2) is 5.75 Å². The first-order chi connectivity index (χ1) is 15.4. The Morgan fingerprint density at radius 3 is 2.50 bits per heavy atom. The van der Waals surface area contributed by atoms with Gasteiger partial charge in [0, 0.05) is 25.6 Å². The first-order valence-corrected chi connectivity index (χ1v) is 10.8. The Morgan fingerprint density at radius 2 is 1.88 bits per heavy atom. The molecule has 166 valence electrons. The van der Waals surface area contributed by atoms with E-state index < -0.39 is 0 Å². The highest BCUT2D eigenvalue weighted by Crippen LogP contribution is 2.39. The Morgan fingerprint density at radius 1 is 1.12 bits per heavy atom. The summed E-state index contributed by atoms with van der Waals surface area (Å²) in [7, 11) is 3.89. The van der Waals surface area contributed by atoms with Crippen LogP contribution in [0.15, 0.2) is 48.8 Å². The van der Waals surface area contributed by atoms with E-state index in [4.69, 9.17) is 21.2 Å². The van der Waals surface area contributed by atoms with Gasteiger partial charge in [0.2, 0.25) is 0 Å². The van der Waals surface area contributed by atoms with Crippen molar-refractivity contribution in [3.8, 4) is 28.6 Å². The van der Waals surface area contributed by atoms with E-state index in [0.717, 1.165) is 41.6 Å². The number of carbonyl (C=O) groups excluding carboxylic acids is 1. The first kappa shape index (κ1) is 21.9. The zero-order valence-corrected chi connectivity index (χ0v) is 19.0. The number of hydrogen-bond acceptors (Lipinski definition) is 6. The molecule has 1 N–H and O–H groups in total. The van der Waals surface area contributed by atoms with Crippen molar-refractivity contribution in [2.45, 2.75) is 26.2 Å². The molecule has 1 amide bonds. The zero-order chi connectivity index (χ0) is 22.7. The smallest absolute Gasteiger partial charge is 0.321 e. The molecule has 1 fully saturated rings. The van der Waals surface area contributed by atoms with Crippen molar-refractivity contribution in [1.29, 1.82) is 0 Å². The summed E-state index contributed by atoms with van der Waals surface area (Å²) >= 11 is 5.84. The summed E-state index contributed by atoms with van der Waals surface area (Å²) in [6, 6.07) is 11.9. The number of anilines is 1. The van der Waals surface area contributed by atoms with Crippen molar-refractivity contribution in [3.63, 3.8) is 0 Å². The lowest BCUT2D eigenvalue weighted by Gasteiger charge is -2.25. The fourth-order valence-corrected chi connectivity index (χ4v) is 3.64. The lowest BCUT2D eigenvalue weighted by atomic mass is 9.85. The monoisotopic (exact) mass is 452 g/mol. The molecule has 0 saturated heterocycles. The Hall–Kier alpha value is -3.32. The molecule has 7 nitrogen and oxygen atoms in total. The van der Waals surface area contributed by atoms with E-state index >= 15 is 0 Å². The maximum Gasteiger partial charge on any atom is 0.321 e. The van der Waals surface area contributed by atoms with E-state index in [1.54, 1.807) is 0 Å². The molecule has 1 saturated carbocycles. The van der Waals surface area contributed by atoms with Crippen LogP contribution in [0.5, 0.6) is 17.5 Å². The molecule has 1 aromatic heterocycles. The molecule has 1 aliphatic carbocycles. The second-order valence-corrected chi connectivity index (χ2v) is 8.45. The molecule has 4 rings (SSSR count). The number of aryl methyl sites for hydroxylation is 1. The van der Waals surface area contributed by atoms with Crippen molar-refractivity contribution in [3.05, 3.63) is 59.4 Å². The topological polar surface area (TPSA) is 76.6 Å². The van der Waals surface area contributed by atoms with Crippen LogP contribution >= 0.6 is 11.6 Å². The normalized spacial score (nSPS) is 13.2. The number of hydroxylamine groups is 1. The van der Waals surface area contributed by atoms with E-state index in [1.165, 1.54) is 12.4 Å². The first-order valence-electron chi connectivity index (χ1n) is 10.5. The second kappa shape index (κ2) is 9.44. The maximum absolute atomic E-state index is 12.2. The van der Waals surface area contributed by atoms with Gasteiger partial charge in [-0.25, -0.2) is 9.97 Å². The van der Waals surface area contributed by atoms with Crippen molar-refractivity contribution >= 4 is 23.2 Å².